The van der Waals surface area contributed by atoms with Crippen LogP contribution in [0, 0.1) is 10.1 Å². The summed E-state index contributed by atoms with van der Waals surface area (Å²) in [6, 6.07) is 10.8. The third-order valence-corrected chi connectivity index (χ3v) is 7.40. The fourth-order valence-corrected chi connectivity index (χ4v) is 5.65. The summed E-state index contributed by atoms with van der Waals surface area (Å²) in [6.07, 6.45) is 1.85. The first kappa shape index (κ1) is 21.2. The van der Waals surface area contributed by atoms with Gasteiger partial charge in [-0.1, -0.05) is 23.5 Å². The number of nitro groups is 1. The number of amides is 3. The average Bonchev–Trinajstić information content (AvgIpc) is 3.55. The van der Waals surface area contributed by atoms with E-state index in [9.17, 15) is 24.5 Å². The first-order valence-electron chi connectivity index (χ1n) is 10.0. The zero-order chi connectivity index (χ0) is 23.1. The van der Waals surface area contributed by atoms with Crippen LogP contribution < -0.4 is 4.90 Å². The molecule has 0 N–H and O–H groups in total. The van der Waals surface area contributed by atoms with Crippen molar-refractivity contribution in [2.75, 3.05) is 18.0 Å². The molecule has 0 bridgehead atoms. The summed E-state index contributed by atoms with van der Waals surface area (Å²) >= 11 is 1.97. The number of carbonyl (C=O) groups excluding carboxylic acids is 3. The van der Waals surface area contributed by atoms with Crippen molar-refractivity contribution in [2.24, 2.45) is 0 Å². The molecular formula is C21H15N5O5S2. The second-order valence-electron chi connectivity index (χ2n) is 7.38. The van der Waals surface area contributed by atoms with E-state index in [4.69, 9.17) is 0 Å². The summed E-state index contributed by atoms with van der Waals surface area (Å²) in [7, 11) is 0. The van der Waals surface area contributed by atoms with Crippen LogP contribution in [0.3, 0.4) is 0 Å². The second kappa shape index (κ2) is 8.37. The van der Waals surface area contributed by atoms with Crippen LogP contribution in [0.5, 0.6) is 0 Å². The SMILES string of the molecule is O=C(c1ccc(Sc2nnc(N3C(=O)c4ccccc4C3=O)s2)c([N+](=O)[O-])c1)N1CCCC1. The number of nitro benzene ring substituents is 1. The van der Waals surface area contributed by atoms with Crippen LogP contribution >= 0.6 is 23.1 Å². The molecule has 10 nitrogen and oxygen atoms in total. The summed E-state index contributed by atoms with van der Waals surface area (Å²) in [6.45, 7) is 1.29. The Balaban J connectivity index is 1.39. The van der Waals surface area contributed by atoms with E-state index in [1.54, 1.807) is 35.2 Å². The predicted octanol–water partition coefficient (Wildman–Crippen LogP) is 3.63. The minimum atomic E-state index is -0.546. The van der Waals surface area contributed by atoms with Crippen molar-refractivity contribution >= 4 is 51.6 Å². The molecule has 33 heavy (non-hydrogen) atoms. The molecule has 1 aromatic heterocycles. The van der Waals surface area contributed by atoms with E-state index in [0.717, 1.165) is 40.8 Å². The van der Waals surface area contributed by atoms with Crippen LogP contribution in [-0.4, -0.2) is 50.8 Å². The third-order valence-electron chi connectivity index (χ3n) is 5.37. The van der Waals surface area contributed by atoms with Crippen LogP contribution in [0.2, 0.25) is 0 Å². The molecule has 1 fully saturated rings. The average molecular weight is 482 g/mol. The molecule has 0 spiro atoms. The van der Waals surface area contributed by atoms with E-state index in [-0.39, 0.29) is 27.2 Å². The minimum absolute atomic E-state index is 0.0900. The number of hydrogen-bond acceptors (Lipinski definition) is 9. The quantitative estimate of drug-likeness (QED) is 0.234. The molecule has 2 aliphatic heterocycles. The summed E-state index contributed by atoms with van der Waals surface area (Å²) in [5.41, 5.74) is 0.626. The van der Waals surface area contributed by atoms with Gasteiger partial charge in [0.1, 0.15) is 0 Å². The highest BCUT2D eigenvalue weighted by atomic mass is 32.2. The van der Waals surface area contributed by atoms with Gasteiger partial charge in [0.25, 0.3) is 23.4 Å². The van der Waals surface area contributed by atoms with E-state index in [1.165, 1.54) is 12.1 Å². The van der Waals surface area contributed by atoms with Crippen LogP contribution in [0.4, 0.5) is 10.8 Å². The summed E-state index contributed by atoms with van der Waals surface area (Å²) in [5, 5.41) is 19.7. The molecule has 2 aliphatic rings. The van der Waals surface area contributed by atoms with Gasteiger partial charge < -0.3 is 4.90 Å². The maximum atomic E-state index is 12.6. The number of rotatable bonds is 5. The maximum Gasteiger partial charge on any atom is 0.284 e. The normalized spacial score (nSPS) is 15.3. The van der Waals surface area contributed by atoms with Gasteiger partial charge in [0.15, 0.2) is 4.34 Å². The molecular weight excluding hydrogens is 466 g/mol. The van der Waals surface area contributed by atoms with E-state index in [2.05, 4.69) is 10.2 Å². The van der Waals surface area contributed by atoms with Crippen molar-refractivity contribution in [3.05, 3.63) is 69.3 Å². The Hall–Kier alpha value is -3.64. The Morgan fingerprint density at radius 2 is 1.70 bits per heavy atom. The smallest absolute Gasteiger partial charge is 0.284 e. The lowest BCUT2D eigenvalue weighted by molar-refractivity contribution is -0.387. The number of benzene rings is 2. The molecule has 0 radical (unpaired) electrons. The lowest BCUT2D eigenvalue weighted by Crippen LogP contribution is -2.29. The van der Waals surface area contributed by atoms with Crippen molar-refractivity contribution in [3.63, 3.8) is 0 Å². The summed E-state index contributed by atoms with van der Waals surface area (Å²) in [4.78, 5) is 51.9. The fraction of sp³-hybridized carbons (Fsp3) is 0.190. The van der Waals surface area contributed by atoms with Crippen LogP contribution in [0.15, 0.2) is 51.7 Å². The summed E-state index contributed by atoms with van der Waals surface area (Å²) in [5.74, 6) is -1.20. The highest BCUT2D eigenvalue weighted by molar-refractivity contribution is 8.01. The number of nitrogens with zero attached hydrogens (tertiary/aromatic N) is 5. The number of anilines is 1. The van der Waals surface area contributed by atoms with Gasteiger partial charge in [-0.25, -0.2) is 4.90 Å². The molecule has 0 saturated carbocycles. The molecule has 3 heterocycles. The maximum absolute atomic E-state index is 12.6. The van der Waals surface area contributed by atoms with E-state index >= 15 is 0 Å². The van der Waals surface area contributed by atoms with Crippen LogP contribution in [0.1, 0.15) is 43.9 Å². The Morgan fingerprint density at radius 3 is 2.33 bits per heavy atom. The van der Waals surface area contributed by atoms with Crippen LogP contribution in [0.25, 0.3) is 0 Å². The lowest BCUT2D eigenvalue weighted by Gasteiger charge is -2.15. The first-order valence-corrected chi connectivity index (χ1v) is 11.6. The molecule has 3 amide bonds. The Labute approximate surface area is 195 Å². The highest BCUT2D eigenvalue weighted by Gasteiger charge is 2.38. The standard InChI is InChI=1S/C21H15N5O5S2/c27-17(24-9-3-4-10-24)12-7-8-16(15(11-12)26(30)31)32-21-23-22-20(33-21)25-18(28)13-5-1-2-6-14(13)19(25)29/h1-2,5-8,11H,3-4,9-10H2. The monoisotopic (exact) mass is 481 g/mol. The predicted molar refractivity (Wildman–Crippen MR) is 120 cm³/mol. The number of carbonyl (C=O) groups is 3. The topological polar surface area (TPSA) is 127 Å². The molecule has 0 atom stereocenters. The molecule has 12 heteroatoms. The van der Waals surface area contributed by atoms with Crippen molar-refractivity contribution in [2.45, 2.75) is 22.1 Å². The number of imide groups is 1. The van der Waals surface area contributed by atoms with Gasteiger partial charge in [-0.05, 0) is 48.9 Å². The van der Waals surface area contributed by atoms with Crippen molar-refractivity contribution < 1.29 is 19.3 Å². The summed E-state index contributed by atoms with van der Waals surface area (Å²) < 4.78 is 0.322. The van der Waals surface area contributed by atoms with Gasteiger partial charge >= 0.3 is 0 Å². The van der Waals surface area contributed by atoms with Crippen molar-refractivity contribution in [1.82, 2.24) is 15.1 Å². The van der Waals surface area contributed by atoms with Crippen molar-refractivity contribution in [1.29, 1.82) is 0 Å². The zero-order valence-electron chi connectivity index (χ0n) is 17.0. The Morgan fingerprint density at radius 1 is 1.03 bits per heavy atom. The fourth-order valence-electron chi connectivity index (χ4n) is 3.77. The lowest BCUT2D eigenvalue weighted by atomic mass is 10.1. The molecule has 166 valence electrons. The molecule has 3 aromatic rings. The minimum Gasteiger partial charge on any atom is -0.339 e. The Kier molecular flexibility index (Phi) is 5.38. The third kappa shape index (κ3) is 3.76. The largest absolute Gasteiger partial charge is 0.339 e. The van der Waals surface area contributed by atoms with E-state index in [0.29, 0.717) is 28.6 Å². The number of fused-ring (bicyclic) bond motifs is 1. The molecule has 5 rings (SSSR count). The molecule has 0 aliphatic carbocycles. The van der Waals surface area contributed by atoms with Gasteiger partial charge in [0.2, 0.25) is 5.13 Å². The van der Waals surface area contributed by atoms with Gasteiger partial charge in [-0.3, -0.25) is 24.5 Å². The van der Waals surface area contributed by atoms with Crippen molar-refractivity contribution in [3.8, 4) is 0 Å². The number of hydrogen-bond donors (Lipinski definition) is 0. The molecule has 2 aromatic carbocycles. The number of likely N-dealkylation sites (tertiary alicyclic amines) is 1. The zero-order valence-corrected chi connectivity index (χ0v) is 18.6. The van der Waals surface area contributed by atoms with Gasteiger partial charge in [0.05, 0.1) is 20.9 Å². The van der Waals surface area contributed by atoms with Gasteiger partial charge in [0, 0.05) is 24.7 Å². The van der Waals surface area contributed by atoms with E-state index < -0.39 is 16.7 Å². The molecule has 0 unspecified atom stereocenters. The van der Waals surface area contributed by atoms with E-state index in [1.807, 2.05) is 0 Å². The van der Waals surface area contributed by atoms with Gasteiger partial charge in [-0.15, -0.1) is 10.2 Å². The second-order valence-corrected chi connectivity index (χ2v) is 9.63. The Bertz CT molecular complexity index is 1280. The molecule has 1 saturated heterocycles. The van der Waals surface area contributed by atoms with Crippen LogP contribution in [-0.2, 0) is 0 Å². The highest BCUT2D eigenvalue weighted by Crippen LogP contribution is 2.40. The number of aromatic nitrogens is 2. The first-order chi connectivity index (χ1) is 15.9. The van der Waals surface area contributed by atoms with Gasteiger partial charge in [-0.2, -0.15) is 0 Å².